The van der Waals surface area contributed by atoms with Crippen LogP contribution in [0.5, 0.6) is 0 Å². The molecule has 5 heteroatoms. The van der Waals surface area contributed by atoms with Gasteiger partial charge < -0.3 is 11.1 Å². The summed E-state index contributed by atoms with van der Waals surface area (Å²) < 4.78 is 0. The van der Waals surface area contributed by atoms with Gasteiger partial charge in [0.2, 0.25) is 0 Å². The standard InChI is InChI=1S/C16H13N5/c17-9-15-16(13-3-1-2-4-14(13)20-21-15)19-10-11-5-7-12(18)8-6-11/h1-8H,10,18H2,(H,19,20). The van der Waals surface area contributed by atoms with E-state index in [2.05, 4.69) is 21.6 Å². The van der Waals surface area contributed by atoms with Crippen LogP contribution in [0.15, 0.2) is 48.5 Å². The number of nitrogens with one attached hydrogen (secondary N) is 1. The first-order chi connectivity index (χ1) is 10.3. The van der Waals surface area contributed by atoms with Crippen molar-refractivity contribution in [2.45, 2.75) is 6.54 Å². The highest BCUT2D eigenvalue weighted by Crippen LogP contribution is 2.24. The summed E-state index contributed by atoms with van der Waals surface area (Å²) in [6.07, 6.45) is 0. The molecule has 2 aromatic carbocycles. The van der Waals surface area contributed by atoms with Crippen LogP contribution in [0.2, 0.25) is 0 Å². The Morgan fingerprint density at radius 3 is 2.57 bits per heavy atom. The predicted molar refractivity (Wildman–Crippen MR) is 82.4 cm³/mol. The van der Waals surface area contributed by atoms with E-state index < -0.39 is 0 Å². The third-order valence-electron chi connectivity index (χ3n) is 3.22. The Kier molecular flexibility index (Phi) is 3.36. The first-order valence-corrected chi connectivity index (χ1v) is 6.52. The summed E-state index contributed by atoms with van der Waals surface area (Å²) in [6, 6.07) is 17.3. The number of hydrogen-bond acceptors (Lipinski definition) is 5. The van der Waals surface area contributed by atoms with Crippen LogP contribution in [0, 0.1) is 11.3 Å². The molecule has 0 radical (unpaired) electrons. The molecule has 21 heavy (non-hydrogen) atoms. The molecule has 0 aliphatic rings. The molecule has 1 aromatic heterocycles. The van der Waals surface area contributed by atoms with Crippen molar-refractivity contribution in [2.75, 3.05) is 11.1 Å². The minimum atomic E-state index is 0.296. The van der Waals surface area contributed by atoms with Gasteiger partial charge in [0, 0.05) is 17.6 Å². The maximum absolute atomic E-state index is 9.20. The molecule has 0 aliphatic carbocycles. The van der Waals surface area contributed by atoms with Crippen LogP contribution in [0.4, 0.5) is 11.4 Å². The summed E-state index contributed by atoms with van der Waals surface area (Å²) in [6.45, 7) is 0.588. The molecule has 5 nitrogen and oxygen atoms in total. The van der Waals surface area contributed by atoms with Crippen LogP contribution < -0.4 is 11.1 Å². The molecule has 3 N–H and O–H groups in total. The number of nitrogen functional groups attached to an aromatic ring is 1. The summed E-state index contributed by atoms with van der Waals surface area (Å²) in [5.74, 6) is 0. The van der Waals surface area contributed by atoms with Crippen LogP contribution in [-0.2, 0) is 6.54 Å². The summed E-state index contributed by atoms with van der Waals surface area (Å²) in [4.78, 5) is 0. The highest BCUT2D eigenvalue weighted by molar-refractivity contribution is 5.92. The number of aromatic nitrogens is 2. The van der Waals surface area contributed by atoms with E-state index in [4.69, 9.17) is 5.73 Å². The Bertz CT molecular complexity index is 818. The molecule has 0 saturated heterocycles. The van der Waals surface area contributed by atoms with Gasteiger partial charge in [0.1, 0.15) is 6.07 Å². The summed E-state index contributed by atoms with van der Waals surface area (Å²) in [7, 11) is 0. The van der Waals surface area contributed by atoms with Crippen molar-refractivity contribution in [3.05, 3.63) is 59.8 Å². The van der Waals surface area contributed by atoms with E-state index >= 15 is 0 Å². The summed E-state index contributed by atoms with van der Waals surface area (Å²) in [5.41, 5.74) is 9.24. The molecular formula is C16H13N5. The Balaban J connectivity index is 1.95. The second kappa shape index (κ2) is 5.47. The molecule has 0 amide bonds. The quantitative estimate of drug-likeness (QED) is 0.717. The fourth-order valence-electron chi connectivity index (χ4n) is 2.14. The lowest BCUT2D eigenvalue weighted by Gasteiger charge is -2.10. The van der Waals surface area contributed by atoms with E-state index in [1.165, 1.54) is 0 Å². The maximum atomic E-state index is 9.20. The van der Waals surface area contributed by atoms with Gasteiger partial charge in [-0.2, -0.15) is 5.26 Å². The van der Waals surface area contributed by atoms with Gasteiger partial charge in [-0.1, -0.05) is 30.3 Å². The number of benzene rings is 2. The first-order valence-electron chi connectivity index (χ1n) is 6.52. The number of hydrogen-bond donors (Lipinski definition) is 2. The van der Waals surface area contributed by atoms with Crippen molar-refractivity contribution in [3.63, 3.8) is 0 Å². The number of nitriles is 1. The summed E-state index contributed by atoms with van der Waals surface area (Å²) >= 11 is 0. The lowest BCUT2D eigenvalue weighted by Crippen LogP contribution is -2.04. The Labute approximate surface area is 122 Å². The van der Waals surface area contributed by atoms with Crippen molar-refractivity contribution in [2.24, 2.45) is 0 Å². The molecule has 0 unspecified atom stereocenters. The van der Waals surface area contributed by atoms with Gasteiger partial charge in [0.05, 0.1) is 11.2 Å². The maximum Gasteiger partial charge on any atom is 0.186 e. The zero-order chi connectivity index (χ0) is 14.7. The third-order valence-corrected chi connectivity index (χ3v) is 3.22. The van der Waals surface area contributed by atoms with Gasteiger partial charge in [-0.25, -0.2) is 0 Å². The van der Waals surface area contributed by atoms with Gasteiger partial charge >= 0.3 is 0 Å². The molecular weight excluding hydrogens is 262 g/mol. The fraction of sp³-hybridized carbons (Fsp3) is 0.0625. The molecule has 0 aliphatic heterocycles. The molecule has 102 valence electrons. The number of nitrogens with zero attached hydrogens (tertiary/aromatic N) is 3. The number of anilines is 2. The van der Waals surface area contributed by atoms with Crippen molar-refractivity contribution in [1.82, 2.24) is 10.2 Å². The van der Waals surface area contributed by atoms with E-state index in [9.17, 15) is 5.26 Å². The Hall–Kier alpha value is -3.13. The zero-order valence-electron chi connectivity index (χ0n) is 11.2. The van der Waals surface area contributed by atoms with Crippen LogP contribution in [0.1, 0.15) is 11.3 Å². The highest BCUT2D eigenvalue weighted by atomic mass is 15.1. The average molecular weight is 275 g/mol. The van der Waals surface area contributed by atoms with Crippen molar-refractivity contribution >= 4 is 22.3 Å². The van der Waals surface area contributed by atoms with Gasteiger partial charge in [-0.05, 0) is 23.8 Å². The van der Waals surface area contributed by atoms with E-state index in [0.717, 1.165) is 22.2 Å². The molecule has 1 heterocycles. The average Bonchev–Trinajstić information content (AvgIpc) is 2.54. The number of nitrogens with two attached hydrogens (primary N) is 1. The van der Waals surface area contributed by atoms with Crippen LogP contribution in [-0.4, -0.2) is 10.2 Å². The number of fused-ring (bicyclic) bond motifs is 1. The van der Waals surface area contributed by atoms with Gasteiger partial charge in [0.25, 0.3) is 0 Å². The van der Waals surface area contributed by atoms with Crippen LogP contribution >= 0.6 is 0 Å². The molecule has 0 spiro atoms. The second-order valence-corrected chi connectivity index (χ2v) is 4.65. The van der Waals surface area contributed by atoms with Gasteiger partial charge in [-0.15, -0.1) is 10.2 Å². The van der Waals surface area contributed by atoms with Crippen molar-refractivity contribution in [1.29, 1.82) is 5.26 Å². The van der Waals surface area contributed by atoms with Crippen molar-refractivity contribution in [3.8, 4) is 6.07 Å². The van der Waals surface area contributed by atoms with E-state index in [0.29, 0.717) is 17.9 Å². The smallest absolute Gasteiger partial charge is 0.186 e. The fourth-order valence-corrected chi connectivity index (χ4v) is 2.14. The molecule has 0 bridgehead atoms. The van der Waals surface area contributed by atoms with Crippen LogP contribution in [0.3, 0.4) is 0 Å². The van der Waals surface area contributed by atoms with Crippen molar-refractivity contribution < 1.29 is 0 Å². The Morgan fingerprint density at radius 2 is 1.81 bits per heavy atom. The van der Waals surface area contributed by atoms with E-state index in [1.807, 2.05) is 48.5 Å². The Morgan fingerprint density at radius 1 is 1.05 bits per heavy atom. The lowest BCUT2D eigenvalue weighted by atomic mass is 10.1. The van der Waals surface area contributed by atoms with E-state index in [1.54, 1.807) is 0 Å². The first kappa shape index (κ1) is 12.9. The minimum Gasteiger partial charge on any atom is -0.399 e. The van der Waals surface area contributed by atoms with Gasteiger partial charge in [0.15, 0.2) is 5.69 Å². The van der Waals surface area contributed by atoms with Gasteiger partial charge in [-0.3, -0.25) is 0 Å². The largest absolute Gasteiger partial charge is 0.399 e. The SMILES string of the molecule is N#Cc1nnc2ccccc2c1NCc1ccc(N)cc1. The predicted octanol–water partition coefficient (Wildman–Crippen LogP) is 2.70. The normalized spacial score (nSPS) is 10.2. The highest BCUT2D eigenvalue weighted by Gasteiger charge is 2.09. The topological polar surface area (TPSA) is 87.6 Å². The number of rotatable bonds is 3. The molecule has 3 rings (SSSR count). The minimum absolute atomic E-state index is 0.296. The molecule has 0 saturated carbocycles. The molecule has 3 aromatic rings. The second-order valence-electron chi connectivity index (χ2n) is 4.65. The van der Waals surface area contributed by atoms with Crippen LogP contribution in [0.25, 0.3) is 10.9 Å². The lowest BCUT2D eigenvalue weighted by molar-refractivity contribution is 1.04. The monoisotopic (exact) mass is 275 g/mol. The molecule has 0 atom stereocenters. The molecule has 0 fully saturated rings. The van der Waals surface area contributed by atoms with E-state index in [-0.39, 0.29) is 0 Å². The zero-order valence-corrected chi connectivity index (χ0v) is 11.2. The summed E-state index contributed by atoms with van der Waals surface area (Å²) in [5, 5.41) is 21.4. The third kappa shape index (κ3) is 2.60.